The molecule has 4 aromatic carbocycles. The van der Waals surface area contributed by atoms with Crippen LogP contribution in [0.5, 0.6) is 11.5 Å². The van der Waals surface area contributed by atoms with Gasteiger partial charge in [-0.05, 0) is 72.5 Å². The normalized spacial score (nSPS) is 9.76. The van der Waals surface area contributed by atoms with Gasteiger partial charge in [-0.2, -0.15) is 0 Å². The Labute approximate surface area is 207 Å². The van der Waals surface area contributed by atoms with E-state index in [4.69, 9.17) is 9.47 Å². The van der Waals surface area contributed by atoms with E-state index in [1.807, 2.05) is 41.5 Å². The fraction of sp³-hybridized carbons (Fsp3) is 0.375. The largest absolute Gasteiger partial charge is 0.496 e. The molecule has 0 fully saturated rings. The lowest BCUT2D eigenvalue weighted by Gasteiger charge is -2.20. The maximum absolute atomic E-state index is 5.87. The minimum Gasteiger partial charge on any atom is -0.496 e. The van der Waals surface area contributed by atoms with Gasteiger partial charge in [0.1, 0.15) is 11.5 Å². The highest BCUT2D eigenvalue weighted by Gasteiger charge is 2.20. The molecule has 0 atom stereocenters. The first-order valence-corrected chi connectivity index (χ1v) is 12.6. The fourth-order valence-electron chi connectivity index (χ4n) is 4.20. The summed E-state index contributed by atoms with van der Waals surface area (Å²) < 4.78 is 11.7. The summed E-state index contributed by atoms with van der Waals surface area (Å²) in [5.74, 6) is 1.75. The number of hydrogen-bond acceptors (Lipinski definition) is 2. The molecule has 0 N–H and O–H groups in total. The number of methoxy groups -OCH3 is 2. The molecule has 0 saturated heterocycles. The van der Waals surface area contributed by atoms with Gasteiger partial charge >= 0.3 is 0 Å². The van der Waals surface area contributed by atoms with Crippen LogP contribution in [0.3, 0.4) is 0 Å². The third-order valence-corrected chi connectivity index (χ3v) is 5.62. The zero-order valence-electron chi connectivity index (χ0n) is 23.4. The topological polar surface area (TPSA) is 18.5 Å². The van der Waals surface area contributed by atoms with Gasteiger partial charge in [-0.3, -0.25) is 0 Å². The van der Waals surface area contributed by atoms with Crippen LogP contribution in [0.25, 0.3) is 32.7 Å². The van der Waals surface area contributed by atoms with Crippen LogP contribution in [0, 0.1) is 27.7 Å². The summed E-state index contributed by atoms with van der Waals surface area (Å²) in [4.78, 5) is 0. The first kappa shape index (κ1) is 29.0. The Morgan fingerprint density at radius 1 is 0.441 bits per heavy atom. The van der Waals surface area contributed by atoms with E-state index in [0.29, 0.717) is 0 Å². The number of ether oxygens (including phenoxy) is 2. The highest BCUT2D eigenvalue weighted by Crippen LogP contribution is 2.47. The monoisotopic (exact) mass is 460 g/mol. The van der Waals surface area contributed by atoms with E-state index in [1.165, 1.54) is 43.8 Å². The van der Waals surface area contributed by atoms with Gasteiger partial charge in [0.25, 0.3) is 0 Å². The number of benzene rings is 4. The van der Waals surface area contributed by atoms with Gasteiger partial charge in [-0.15, -0.1) is 0 Å². The molecular formula is C32H44O2. The average molecular weight is 461 g/mol. The summed E-state index contributed by atoms with van der Waals surface area (Å²) in [6.07, 6.45) is 0. The Balaban J connectivity index is 0.000000894. The van der Waals surface area contributed by atoms with E-state index in [2.05, 4.69) is 76.2 Å². The maximum Gasteiger partial charge on any atom is 0.127 e. The Hall–Kier alpha value is -3.00. The predicted octanol–water partition coefficient (Wildman–Crippen LogP) is 9.99. The number of fused-ring (bicyclic) bond motifs is 2. The van der Waals surface area contributed by atoms with Crippen molar-refractivity contribution in [3.63, 3.8) is 0 Å². The van der Waals surface area contributed by atoms with Crippen LogP contribution in [0.2, 0.25) is 0 Å². The fourth-order valence-corrected chi connectivity index (χ4v) is 4.20. The first-order valence-electron chi connectivity index (χ1n) is 12.6. The Morgan fingerprint density at radius 3 is 1.06 bits per heavy atom. The number of rotatable bonds is 3. The molecule has 0 radical (unpaired) electrons. The molecule has 0 saturated carbocycles. The van der Waals surface area contributed by atoms with Crippen LogP contribution in [-0.2, 0) is 0 Å². The van der Waals surface area contributed by atoms with Crippen LogP contribution >= 0.6 is 0 Å². The zero-order valence-corrected chi connectivity index (χ0v) is 23.4. The summed E-state index contributed by atoms with van der Waals surface area (Å²) in [6, 6.07) is 17.5. The lowest BCUT2D eigenvalue weighted by Crippen LogP contribution is -1.97. The third kappa shape index (κ3) is 5.73. The summed E-state index contributed by atoms with van der Waals surface area (Å²) in [6.45, 7) is 20.5. The standard InChI is InChI=1S/C26H26O2.3C2H6/c1-15-7-9-19-21(11-15)17(3)13-23(27-5)25(19)26-20-10-8-16(2)12-22(20)18(4)14-24(26)28-6;3*1-2/h7-14H,1-6H3;3*1-2H3. The SMILES string of the molecule is CC.CC.CC.COc1cc(C)c2cc(C)ccc2c1-c1c(OC)cc(C)c2cc(C)ccc12. The Bertz CT molecular complexity index is 1120. The molecule has 0 amide bonds. The molecule has 34 heavy (non-hydrogen) atoms. The summed E-state index contributed by atoms with van der Waals surface area (Å²) in [5.41, 5.74) is 7.12. The minimum absolute atomic E-state index is 0.873. The summed E-state index contributed by atoms with van der Waals surface area (Å²) >= 11 is 0. The molecular weight excluding hydrogens is 416 g/mol. The van der Waals surface area contributed by atoms with Crippen molar-refractivity contribution in [2.24, 2.45) is 0 Å². The Kier molecular flexibility index (Phi) is 11.7. The predicted molar refractivity (Wildman–Crippen MR) is 153 cm³/mol. The molecule has 4 aromatic rings. The van der Waals surface area contributed by atoms with E-state index in [0.717, 1.165) is 22.6 Å². The molecule has 184 valence electrons. The average Bonchev–Trinajstić information content (AvgIpc) is 2.88. The minimum atomic E-state index is 0.873. The molecule has 0 aliphatic heterocycles. The smallest absolute Gasteiger partial charge is 0.127 e. The van der Waals surface area contributed by atoms with Crippen molar-refractivity contribution in [1.82, 2.24) is 0 Å². The van der Waals surface area contributed by atoms with Gasteiger partial charge in [0.2, 0.25) is 0 Å². The molecule has 0 aliphatic rings. The molecule has 0 unspecified atom stereocenters. The van der Waals surface area contributed by atoms with Crippen molar-refractivity contribution in [3.8, 4) is 22.6 Å². The molecule has 0 spiro atoms. The van der Waals surface area contributed by atoms with Crippen molar-refractivity contribution >= 4 is 21.5 Å². The second-order valence-corrected chi connectivity index (χ2v) is 7.64. The Morgan fingerprint density at radius 2 is 0.765 bits per heavy atom. The van der Waals surface area contributed by atoms with Crippen molar-refractivity contribution < 1.29 is 9.47 Å². The second-order valence-electron chi connectivity index (χ2n) is 7.64. The van der Waals surface area contributed by atoms with E-state index in [-0.39, 0.29) is 0 Å². The van der Waals surface area contributed by atoms with Crippen molar-refractivity contribution in [3.05, 3.63) is 70.8 Å². The van der Waals surface area contributed by atoms with Crippen LogP contribution in [0.15, 0.2) is 48.5 Å². The van der Waals surface area contributed by atoms with Crippen molar-refractivity contribution in [1.29, 1.82) is 0 Å². The van der Waals surface area contributed by atoms with Gasteiger partial charge in [-0.1, -0.05) is 89.1 Å². The molecule has 0 heterocycles. The van der Waals surface area contributed by atoms with Gasteiger partial charge < -0.3 is 9.47 Å². The van der Waals surface area contributed by atoms with Gasteiger partial charge in [-0.25, -0.2) is 0 Å². The van der Waals surface area contributed by atoms with Crippen molar-refractivity contribution in [2.75, 3.05) is 14.2 Å². The molecule has 4 rings (SSSR count). The maximum atomic E-state index is 5.87. The summed E-state index contributed by atoms with van der Waals surface area (Å²) in [7, 11) is 3.48. The van der Waals surface area contributed by atoms with Gasteiger partial charge in [0, 0.05) is 11.1 Å². The lowest BCUT2D eigenvalue weighted by atomic mass is 9.88. The van der Waals surface area contributed by atoms with E-state index in [9.17, 15) is 0 Å². The molecule has 0 aromatic heterocycles. The molecule has 2 heteroatoms. The van der Waals surface area contributed by atoms with Gasteiger partial charge in [0.05, 0.1) is 14.2 Å². The summed E-state index contributed by atoms with van der Waals surface area (Å²) in [5, 5.41) is 4.87. The van der Waals surface area contributed by atoms with Crippen LogP contribution in [0.1, 0.15) is 63.8 Å². The molecule has 2 nitrogen and oxygen atoms in total. The van der Waals surface area contributed by atoms with Gasteiger partial charge in [0.15, 0.2) is 0 Å². The third-order valence-electron chi connectivity index (χ3n) is 5.62. The van der Waals surface area contributed by atoms with E-state index in [1.54, 1.807) is 14.2 Å². The number of aryl methyl sites for hydroxylation is 4. The van der Waals surface area contributed by atoms with Crippen LogP contribution in [-0.4, -0.2) is 14.2 Å². The second kappa shape index (κ2) is 13.6. The van der Waals surface area contributed by atoms with E-state index >= 15 is 0 Å². The highest BCUT2D eigenvalue weighted by molar-refractivity contribution is 6.11. The lowest BCUT2D eigenvalue weighted by molar-refractivity contribution is 0.411. The van der Waals surface area contributed by atoms with Crippen LogP contribution < -0.4 is 9.47 Å². The van der Waals surface area contributed by atoms with Crippen molar-refractivity contribution in [2.45, 2.75) is 69.2 Å². The quantitative estimate of drug-likeness (QED) is 0.303. The zero-order chi connectivity index (χ0) is 26.0. The highest BCUT2D eigenvalue weighted by atomic mass is 16.5. The number of hydrogen-bond donors (Lipinski definition) is 0. The first-order chi connectivity index (χ1) is 16.4. The molecule has 0 bridgehead atoms. The van der Waals surface area contributed by atoms with Crippen LogP contribution in [0.4, 0.5) is 0 Å². The van der Waals surface area contributed by atoms with E-state index < -0.39 is 0 Å². The molecule has 0 aliphatic carbocycles.